The van der Waals surface area contributed by atoms with Crippen molar-refractivity contribution in [2.45, 2.75) is 38.6 Å². The quantitative estimate of drug-likeness (QED) is 0.810. The molecular weight excluding hydrogens is 198 g/mol. The Morgan fingerprint density at radius 3 is 2.56 bits per heavy atom. The number of carbonyl (C=O) groups excluding carboxylic acids is 1. The molecule has 1 aliphatic rings. The molecule has 1 aliphatic carbocycles. The van der Waals surface area contributed by atoms with Crippen LogP contribution in [0.4, 0.5) is 0 Å². The van der Waals surface area contributed by atoms with Gasteiger partial charge in [0.2, 0.25) is 0 Å². The first kappa shape index (κ1) is 11.2. The zero-order valence-electron chi connectivity index (χ0n) is 9.78. The summed E-state index contributed by atoms with van der Waals surface area (Å²) in [6, 6.07) is 9.82. The molecule has 2 atom stereocenters. The third-order valence-electron chi connectivity index (χ3n) is 3.46. The van der Waals surface area contributed by atoms with Gasteiger partial charge in [-0.2, -0.15) is 0 Å². The van der Waals surface area contributed by atoms with Crippen molar-refractivity contribution in [3.63, 3.8) is 0 Å². The fourth-order valence-corrected chi connectivity index (χ4v) is 2.37. The monoisotopic (exact) mass is 217 g/mol. The molecule has 1 N–H and O–H groups in total. The molecule has 1 aromatic rings. The molecule has 16 heavy (non-hydrogen) atoms. The second-order valence-corrected chi connectivity index (χ2v) is 4.71. The molecule has 1 aromatic carbocycles. The summed E-state index contributed by atoms with van der Waals surface area (Å²) in [6.45, 7) is 2.23. The number of carbonyl (C=O) groups is 1. The van der Waals surface area contributed by atoms with Crippen molar-refractivity contribution in [1.29, 1.82) is 0 Å². The van der Waals surface area contributed by atoms with Gasteiger partial charge in [-0.3, -0.25) is 4.79 Å². The van der Waals surface area contributed by atoms with E-state index >= 15 is 0 Å². The van der Waals surface area contributed by atoms with Gasteiger partial charge in [-0.05, 0) is 30.9 Å². The first-order valence-corrected chi connectivity index (χ1v) is 6.13. The number of nitrogens with one attached hydrogen (secondary N) is 1. The SMILES string of the molecule is C[C@@H]1CCCC[C@@H]1NC(=O)c1ccccc1. The predicted octanol–water partition coefficient (Wildman–Crippen LogP) is 3.00. The molecule has 0 heterocycles. The molecule has 0 aliphatic heterocycles. The Kier molecular flexibility index (Phi) is 3.60. The third-order valence-corrected chi connectivity index (χ3v) is 3.46. The lowest BCUT2D eigenvalue weighted by atomic mass is 9.86. The summed E-state index contributed by atoms with van der Waals surface area (Å²) >= 11 is 0. The zero-order valence-corrected chi connectivity index (χ0v) is 9.78. The van der Waals surface area contributed by atoms with Crippen molar-refractivity contribution in [3.8, 4) is 0 Å². The maximum Gasteiger partial charge on any atom is 0.251 e. The summed E-state index contributed by atoms with van der Waals surface area (Å²) < 4.78 is 0. The summed E-state index contributed by atoms with van der Waals surface area (Å²) in [5, 5.41) is 3.15. The van der Waals surface area contributed by atoms with E-state index in [1.807, 2.05) is 30.3 Å². The van der Waals surface area contributed by atoms with Crippen LogP contribution >= 0.6 is 0 Å². The fourth-order valence-electron chi connectivity index (χ4n) is 2.37. The van der Waals surface area contributed by atoms with Crippen LogP contribution in [0.15, 0.2) is 30.3 Å². The van der Waals surface area contributed by atoms with Crippen LogP contribution in [0.2, 0.25) is 0 Å². The first-order valence-electron chi connectivity index (χ1n) is 6.13. The van der Waals surface area contributed by atoms with Crippen molar-refractivity contribution in [1.82, 2.24) is 5.32 Å². The maximum absolute atomic E-state index is 11.9. The van der Waals surface area contributed by atoms with Gasteiger partial charge in [0.25, 0.3) is 5.91 Å². The molecule has 1 fully saturated rings. The Bertz CT molecular complexity index is 347. The molecule has 2 nitrogen and oxygen atoms in total. The van der Waals surface area contributed by atoms with Gasteiger partial charge in [0, 0.05) is 11.6 Å². The van der Waals surface area contributed by atoms with E-state index in [1.165, 1.54) is 19.3 Å². The highest BCUT2D eigenvalue weighted by molar-refractivity contribution is 5.94. The van der Waals surface area contributed by atoms with Crippen LogP contribution < -0.4 is 5.32 Å². The highest BCUT2D eigenvalue weighted by Crippen LogP contribution is 2.23. The van der Waals surface area contributed by atoms with Gasteiger partial charge in [0.1, 0.15) is 0 Å². The molecule has 0 bridgehead atoms. The van der Waals surface area contributed by atoms with Gasteiger partial charge in [0.15, 0.2) is 0 Å². The van der Waals surface area contributed by atoms with Crippen LogP contribution in [0.25, 0.3) is 0 Å². The number of amides is 1. The number of hydrogen-bond acceptors (Lipinski definition) is 1. The summed E-state index contributed by atoms with van der Waals surface area (Å²) in [4.78, 5) is 11.9. The Balaban J connectivity index is 1.96. The highest BCUT2D eigenvalue weighted by atomic mass is 16.1. The van der Waals surface area contributed by atoms with Gasteiger partial charge in [-0.15, -0.1) is 0 Å². The van der Waals surface area contributed by atoms with E-state index in [4.69, 9.17) is 0 Å². The zero-order chi connectivity index (χ0) is 11.4. The van der Waals surface area contributed by atoms with E-state index in [1.54, 1.807) is 0 Å². The van der Waals surface area contributed by atoms with Crippen molar-refractivity contribution in [3.05, 3.63) is 35.9 Å². The maximum atomic E-state index is 11.9. The summed E-state index contributed by atoms with van der Waals surface area (Å²) in [5.41, 5.74) is 0.764. The van der Waals surface area contributed by atoms with Crippen LogP contribution in [0.1, 0.15) is 43.0 Å². The standard InChI is InChI=1S/C14H19NO/c1-11-7-5-6-10-13(11)15-14(16)12-8-3-2-4-9-12/h2-4,8-9,11,13H,5-7,10H2,1H3,(H,15,16)/t11-,13+/m1/s1. The molecule has 0 spiro atoms. The molecule has 2 heteroatoms. The molecule has 0 unspecified atom stereocenters. The van der Waals surface area contributed by atoms with Crippen LogP contribution in [0.3, 0.4) is 0 Å². The lowest BCUT2D eigenvalue weighted by Crippen LogP contribution is -2.41. The van der Waals surface area contributed by atoms with Crippen LogP contribution in [0, 0.1) is 5.92 Å². The minimum Gasteiger partial charge on any atom is -0.349 e. The Hall–Kier alpha value is -1.31. The van der Waals surface area contributed by atoms with E-state index in [9.17, 15) is 4.79 Å². The molecule has 86 valence electrons. The number of hydrogen-bond donors (Lipinski definition) is 1. The number of rotatable bonds is 2. The molecule has 0 radical (unpaired) electrons. The highest BCUT2D eigenvalue weighted by Gasteiger charge is 2.22. The van der Waals surface area contributed by atoms with E-state index in [2.05, 4.69) is 12.2 Å². The van der Waals surface area contributed by atoms with E-state index in [0.717, 1.165) is 12.0 Å². The average molecular weight is 217 g/mol. The van der Waals surface area contributed by atoms with Gasteiger partial charge < -0.3 is 5.32 Å². The molecule has 1 saturated carbocycles. The van der Waals surface area contributed by atoms with E-state index < -0.39 is 0 Å². The Morgan fingerprint density at radius 2 is 1.88 bits per heavy atom. The molecule has 0 saturated heterocycles. The van der Waals surface area contributed by atoms with Crippen molar-refractivity contribution < 1.29 is 4.79 Å². The second kappa shape index (κ2) is 5.15. The third kappa shape index (κ3) is 2.63. The average Bonchev–Trinajstić information content (AvgIpc) is 2.33. The largest absolute Gasteiger partial charge is 0.349 e. The van der Waals surface area contributed by atoms with E-state index in [-0.39, 0.29) is 5.91 Å². The summed E-state index contributed by atoms with van der Waals surface area (Å²) in [7, 11) is 0. The van der Waals surface area contributed by atoms with Crippen LogP contribution in [0.5, 0.6) is 0 Å². The summed E-state index contributed by atoms with van der Waals surface area (Å²) in [6.07, 6.45) is 4.91. The second-order valence-electron chi connectivity index (χ2n) is 4.71. The normalized spacial score (nSPS) is 25.1. The lowest BCUT2D eigenvalue weighted by molar-refractivity contribution is 0.0910. The van der Waals surface area contributed by atoms with Crippen LogP contribution in [-0.2, 0) is 0 Å². The minimum absolute atomic E-state index is 0.0688. The fraction of sp³-hybridized carbons (Fsp3) is 0.500. The first-order chi connectivity index (χ1) is 7.77. The van der Waals surface area contributed by atoms with Gasteiger partial charge in [-0.1, -0.05) is 38.0 Å². The topological polar surface area (TPSA) is 29.1 Å². The van der Waals surface area contributed by atoms with Gasteiger partial charge >= 0.3 is 0 Å². The predicted molar refractivity (Wildman–Crippen MR) is 65.3 cm³/mol. The van der Waals surface area contributed by atoms with E-state index in [0.29, 0.717) is 12.0 Å². The van der Waals surface area contributed by atoms with Crippen molar-refractivity contribution in [2.24, 2.45) is 5.92 Å². The Labute approximate surface area is 97.1 Å². The lowest BCUT2D eigenvalue weighted by Gasteiger charge is -2.29. The summed E-state index contributed by atoms with van der Waals surface area (Å²) in [5.74, 6) is 0.681. The minimum atomic E-state index is 0.0688. The van der Waals surface area contributed by atoms with Crippen molar-refractivity contribution >= 4 is 5.91 Å². The Morgan fingerprint density at radius 1 is 1.19 bits per heavy atom. The van der Waals surface area contributed by atoms with Crippen molar-refractivity contribution in [2.75, 3.05) is 0 Å². The molecule has 0 aromatic heterocycles. The molecule has 2 rings (SSSR count). The van der Waals surface area contributed by atoms with Crippen LogP contribution in [-0.4, -0.2) is 11.9 Å². The molecule has 1 amide bonds. The van der Waals surface area contributed by atoms with Gasteiger partial charge in [-0.25, -0.2) is 0 Å². The molecular formula is C14H19NO. The van der Waals surface area contributed by atoms with Gasteiger partial charge in [0.05, 0.1) is 0 Å². The smallest absolute Gasteiger partial charge is 0.251 e. The number of benzene rings is 1.